The first kappa shape index (κ1) is 13.9. The van der Waals surface area contributed by atoms with Crippen molar-refractivity contribution < 1.29 is 9.47 Å². The SMILES string of the molecule is COc1cc2ncn(Cc3cccc(Br)c3)c2cc1OC. The molecule has 0 fully saturated rings. The highest BCUT2D eigenvalue weighted by Crippen LogP contribution is 2.31. The summed E-state index contributed by atoms with van der Waals surface area (Å²) in [5.41, 5.74) is 3.12. The molecule has 3 rings (SSSR count). The first-order valence-electron chi connectivity index (χ1n) is 6.52. The first-order valence-corrected chi connectivity index (χ1v) is 7.32. The smallest absolute Gasteiger partial charge is 0.163 e. The van der Waals surface area contributed by atoms with Gasteiger partial charge >= 0.3 is 0 Å². The number of imidazole rings is 1. The van der Waals surface area contributed by atoms with Crippen LogP contribution < -0.4 is 9.47 Å². The van der Waals surface area contributed by atoms with Crippen LogP contribution in [-0.2, 0) is 6.54 Å². The van der Waals surface area contributed by atoms with Crippen LogP contribution in [0.15, 0.2) is 47.2 Å². The molecule has 4 nitrogen and oxygen atoms in total. The normalized spacial score (nSPS) is 10.8. The molecule has 0 aliphatic heterocycles. The minimum atomic E-state index is 0.692. The van der Waals surface area contributed by atoms with E-state index in [9.17, 15) is 0 Å². The fourth-order valence-electron chi connectivity index (χ4n) is 2.34. The fourth-order valence-corrected chi connectivity index (χ4v) is 2.79. The Morgan fingerprint density at radius 2 is 1.86 bits per heavy atom. The Morgan fingerprint density at radius 1 is 1.10 bits per heavy atom. The van der Waals surface area contributed by atoms with Crippen molar-refractivity contribution in [2.24, 2.45) is 0 Å². The summed E-state index contributed by atoms with van der Waals surface area (Å²) >= 11 is 3.50. The number of nitrogens with zero attached hydrogens (tertiary/aromatic N) is 2. The van der Waals surface area contributed by atoms with E-state index in [-0.39, 0.29) is 0 Å². The summed E-state index contributed by atoms with van der Waals surface area (Å²) in [6.07, 6.45) is 1.84. The van der Waals surface area contributed by atoms with E-state index in [1.807, 2.05) is 30.6 Å². The Morgan fingerprint density at radius 3 is 2.57 bits per heavy atom. The summed E-state index contributed by atoms with van der Waals surface area (Å²) in [6, 6.07) is 12.1. The van der Waals surface area contributed by atoms with E-state index in [4.69, 9.17) is 9.47 Å². The molecule has 3 aromatic rings. The maximum atomic E-state index is 5.36. The van der Waals surface area contributed by atoms with Gasteiger partial charge < -0.3 is 14.0 Å². The Balaban J connectivity index is 2.03. The minimum Gasteiger partial charge on any atom is -0.493 e. The van der Waals surface area contributed by atoms with Crippen molar-refractivity contribution in [3.8, 4) is 11.5 Å². The van der Waals surface area contributed by atoms with Crippen LogP contribution in [0, 0.1) is 0 Å². The van der Waals surface area contributed by atoms with Gasteiger partial charge in [-0.15, -0.1) is 0 Å². The van der Waals surface area contributed by atoms with Gasteiger partial charge in [-0.05, 0) is 17.7 Å². The molecule has 2 aromatic carbocycles. The van der Waals surface area contributed by atoms with Gasteiger partial charge in [0.1, 0.15) is 0 Å². The molecule has 0 aliphatic rings. The van der Waals surface area contributed by atoms with Gasteiger partial charge in [0, 0.05) is 23.2 Å². The lowest BCUT2D eigenvalue weighted by Crippen LogP contribution is -1.98. The van der Waals surface area contributed by atoms with Crippen molar-refractivity contribution >= 4 is 27.0 Å². The number of aromatic nitrogens is 2. The fraction of sp³-hybridized carbons (Fsp3) is 0.188. The molecule has 5 heteroatoms. The molecular formula is C16H15BrN2O2. The number of hydrogen-bond donors (Lipinski definition) is 0. The first-order chi connectivity index (χ1) is 10.2. The van der Waals surface area contributed by atoms with Gasteiger partial charge in [-0.3, -0.25) is 0 Å². The maximum absolute atomic E-state index is 5.36. The highest BCUT2D eigenvalue weighted by atomic mass is 79.9. The van der Waals surface area contributed by atoms with Crippen molar-refractivity contribution in [1.82, 2.24) is 9.55 Å². The number of hydrogen-bond acceptors (Lipinski definition) is 3. The molecule has 0 atom stereocenters. The third-order valence-electron chi connectivity index (χ3n) is 3.37. The average molecular weight is 347 g/mol. The van der Waals surface area contributed by atoms with Crippen molar-refractivity contribution in [3.63, 3.8) is 0 Å². The van der Waals surface area contributed by atoms with Crippen molar-refractivity contribution in [1.29, 1.82) is 0 Å². The largest absolute Gasteiger partial charge is 0.493 e. The number of halogens is 1. The lowest BCUT2D eigenvalue weighted by Gasteiger charge is -2.09. The Labute approximate surface area is 131 Å². The molecule has 1 heterocycles. The monoisotopic (exact) mass is 346 g/mol. The second kappa shape index (κ2) is 5.77. The molecule has 0 amide bonds. The molecule has 0 N–H and O–H groups in total. The van der Waals surface area contributed by atoms with Gasteiger partial charge in [-0.1, -0.05) is 28.1 Å². The van der Waals surface area contributed by atoms with E-state index < -0.39 is 0 Å². The lowest BCUT2D eigenvalue weighted by molar-refractivity contribution is 0.355. The number of ether oxygens (including phenoxy) is 2. The molecule has 0 aliphatic carbocycles. The Kier molecular flexibility index (Phi) is 3.84. The zero-order valence-electron chi connectivity index (χ0n) is 11.8. The predicted molar refractivity (Wildman–Crippen MR) is 86.1 cm³/mol. The van der Waals surface area contributed by atoms with Gasteiger partial charge in [-0.25, -0.2) is 4.98 Å². The summed E-state index contributed by atoms with van der Waals surface area (Å²) in [5, 5.41) is 0. The summed E-state index contributed by atoms with van der Waals surface area (Å²) in [5.74, 6) is 1.40. The number of fused-ring (bicyclic) bond motifs is 1. The van der Waals surface area contributed by atoms with E-state index in [1.165, 1.54) is 5.56 Å². The van der Waals surface area contributed by atoms with Crippen LogP contribution in [0.5, 0.6) is 11.5 Å². The molecule has 21 heavy (non-hydrogen) atoms. The van der Waals surface area contributed by atoms with E-state index in [2.05, 4.69) is 37.6 Å². The summed E-state index contributed by atoms with van der Waals surface area (Å²) in [7, 11) is 3.26. The second-order valence-corrected chi connectivity index (χ2v) is 5.61. The van der Waals surface area contributed by atoms with Crippen molar-refractivity contribution in [3.05, 3.63) is 52.8 Å². The molecular weight excluding hydrogens is 332 g/mol. The molecule has 1 aromatic heterocycles. The summed E-state index contributed by atoms with van der Waals surface area (Å²) < 4.78 is 13.8. The highest BCUT2D eigenvalue weighted by molar-refractivity contribution is 9.10. The quantitative estimate of drug-likeness (QED) is 0.719. The number of rotatable bonds is 4. The van der Waals surface area contributed by atoms with E-state index in [1.54, 1.807) is 14.2 Å². The van der Waals surface area contributed by atoms with Gasteiger partial charge in [0.15, 0.2) is 11.5 Å². The van der Waals surface area contributed by atoms with Gasteiger partial charge in [0.25, 0.3) is 0 Å². The van der Waals surface area contributed by atoms with Crippen LogP contribution in [-0.4, -0.2) is 23.8 Å². The zero-order valence-corrected chi connectivity index (χ0v) is 13.4. The van der Waals surface area contributed by atoms with E-state index in [0.29, 0.717) is 11.5 Å². The summed E-state index contributed by atoms with van der Waals surface area (Å²) in [6.45, 7) is 0.755. The van der Waals surface area contributed by atoms with Gasteiger partial charge in [0.05, 0.1) is 31.6 Å². The lowest BCUT2D eigenvalue weighted by atomic mass is 10.2. The maximum Gasteiger partial charge on any atom is 0.163 e. The second-order valence-electron chi connectivity index (χ2n) is 4.70. The van der Waals surface area contributed by atoms with Crippen LogP contribution in [0.2, 0.25) is 0 Å². The summed E-state index contributed by atoms with van der Waals surface area (Å²) in [4.78, 5) is 4.44. The number of benzene rings is 2. The standard InChI is InChI=1S/C16H15BrN2O2/c1-20-15-7-13-14(8-16(15)21-2)19(10-18-13)9-11-4-3-5-12(17)6-11/h3-8,10H,9H2,1-2H3. The minimum absolute atomic E-state index is 0.692. The van der Waals surface area contributed by atoms with Crippen LogP contribution >= 0.6 is 15.9 Å². The Bertz CT molecular complexity index is 783. The Hall–Kier alpha value is -2.01. The van der Waals surface area contributed by atoms with Crippen molar-refractivity contribution in [2.75, 3.05) is 14.2 Å². The van der Waals surface area contributed by atoms with E-state index in [0.717, 1.165) is 22.1 Å². The molecule has 0 radical (unpaired) electrons. The van der Waals surface area contributed by atoms with Crippen LogP contribution in [0.1, 0.15) is 5.56 Å². The van der Waals surface area contributed by atoms with Gasteiger partial charge in [0.2, 0.25) is 0 Å². The average Bonchev–Trinajstić information content (AvgIpc) is 2.88. The van der Waals surface area contributed by atoms with Crippen molar-refractivity contribution in [2.45, 2.75) is 6.54 Å². The third kappa shape index (κ3) is 2.74. The predicted octanol–water partition coefficient (Wildman–Crippen LogP) is 3.86. The number of methoxy groups -OCH3 is 2. The molecule has 0 saturated heterocycles. The highest BCUT2D eigenvalue weighted by Gasteiger charge is 2.10. The van der Waals surface area contributed by atoms with E-state index >= 15 is 0 Å². The molecule has 108 valence electrons. The molecule has 0 unspecified atom stereocenters. The third-order valence-corrected chi connectivity index (χ3v) is 3.86. The topological polar surface area (TPSA) is 36.3 Å². The van der Waals surface area contributed by atoms with Gasteiger partial charge in [-0.2, -0.15) is 0 Å². The van der Waals surface area contributed by atoms with Crippen LogP contribution in [0.4, 0.5) is 0 Å². The molecule has 0 saturated carbocycles. The zero-order chi connectivity index (χ0) is 14.8. The molecule has 0 spiro atoms. The van der Waals surface area contributed by atoms with Crippen LogP contribution in [0.25, 0.3) is 11.0 Å². The van der Waals surface area contributed by atoms with Crippen LogP contribution in [0.3, 0.4) is 0 Å². The molecule has 0 bridgehead atoms.